The van der Waals surface area contributed by atoms with Crippen LogP contribution < -0.4 is 11.1 Å². The van der Waals surface area contributed by atoms with Gasteiger partial charge in [-0.25, -0.2) is 0 Å². The molecule has 0 aliphatic rings. The highest BCUT2D eigenvalue weighted by Gasteiger charge is 2.21. The molecular weight excluding hydrogens is 280 g/mol. The molecule has 2 aromatic rings. The van der Waals surface area contributed by atoms with Crippen molar-refractivity contribution in [3.63, 3.8) is 0 Å². The number of amides is 1. The summed E-state index contributed by atoms with van der Waals surface area (Å²) in [7, 11) is 0. The molecule has 0 saturated carbocycles. The molecule has 0 radical (unpaired) electrons. The predicted octanol–water partition coefficient (Wildman–Crippen LogP) is 3.47. The van der Waals surface area contributed by atoms with Crippen LogP contribution in [0.3, 0.4) is 0 Å². The highest BCUT2D eigenvalue weighted by atomic mass is 32.1. The van der Waals surface area contributed by atoms with Crippen molar-refractivity contribution in [1.82, 2.24) is 5.32 Å². The maximum Gasteiger partial charge on any atom is 0.237 e. The lowest BCUT2D eigenvalue weighted by atomic mass is 10.0. The minimum Gasteiger partial charge on any atom is -0.343 e. The lowest BCUT2D eigenvalue weighted by Crippen LogP contribution is -2.42. The van der Waals surface area contributed by atoms with Crippen LogP contribution in [0.15, 0.2) is 47.8 Å². The van der Waals surface area contributed by atoms with Crippen LogP contribution in [0, 0.1) is 0 Å². The van der Waals surface area contributed by atoms with Crippen LogP contribution in [0.4, 0.5) is 0 Å². The molecule has 0 aliphatic heterocycles. The number of nitrogens with two attached hydrogens (primary N) is 1. The minimum absolute atomic E-state index is 0.0781. The van der Waals surface area contributed by atoms with E-state index in [4.69, 9.17) is 5.73 Å². The number of thiophene rings is 1. The molecule has 1 heterocycles. The molecular formula is C17H22N2OS. The van der Waals surface area contributed by atoms with Crippen molar-refractivity contribution < 1.29 is 4.79 Å². The summed E-state index contributed by atoms with van der Waals surface area (Å²) in [5, 5.41) is 5.11. The van der Waals surface area contributed by atoms with E-state index < -0.39 is 6.04 Å². The quantitative estimate of drug-likeness (QED) is 0.823. The number of nitrogens with one attached hydrogen (secondary N) is 1. The van der Waals surface area contributed by atoms with E-state index in [0.717, 1.165) is 29.7 Å². The van der Waals surface area contributed by atoms with Crippen molar-refractivity contribution in [2.24, 2.45) is 5.73 Å². The zero-order valence-corrected chi connectivity index (χ0v) is 13.1. The standard InChI is InChI=1S/C17H22N2OS/c1-2-3-10-14(18)17(20)19-16(15-11-7-12-21-15)13-8-5-4-6-9-13/h4-9,11-12,14,16H,2-3,10,18H2,1H3,(H,19,20). The summed E-state index contributed by atoms with van der Waals surface area (Å²) in [6.45, 7) is 2.10. The van der Waals surface area contributed by atoms with Gasteiger partial charge in [0.1, 0.15) is 0 Å². The topological polar surface area (TPSA) is 55.1 Å². The molecule has 4 heteroatoms. The van der Waals surface area contributed by atoms with Crippen LogP contribution in [0.5, 0.6) is 0 Å². The first-order chi connectivity index (χ1) is 10.2. The van der Waals surface area contributed by atoms with Gasteiger partial charge in [0.15, 0.2) is 0 Å². The van der Waals surface area contributed by atoms with Gasteiger partial charge in [0.2, 0.25) is 5.91 Å². The Morgan fingerprint density at radius 2 is 2.00 bits per heavy atom. The summed E-state index contributed by atoms with van der Waals surface area (Å²) in [5.74, 6) is -0.0781. The van der Waals surface area contributed by atoms with Gasteiger partial charge in [-0.2, -0.15) is 0 Å². The average Bonchev–Trinajstić information content (AvgIpc) is 3.04. The van der Waals surface area contributed by atoms with Crippen LogP contribution >= 0.6 is 11.3 Å². The number of rotatable bonds is 7. The van der Waals surface area contributed by atoms with Gasteiger partial charge in [-0.05, 0) is 23.4 Å². The fourth-order valence-electron chi connectivity index (χ4n) is 2.22. The van der Waals surface area contributed by atoms with Crippen LogP contribution in [0.1, 0.15) is 42.7 Å². The number of carbonyl (C=O) groups excluding carboxylic acids is 1. The van der Waals surface area contributed by atoms with E-state index in [1.165, 1.54) is 0 Å². The van der Waals surface area contributed by atoms with E-state index in [1.807, 2.05) is 47.8 Å². The van der Waals surface area contributed by atoms with E-state index in [2.05, 4.69) is 12.2 Å². The number of hydrogen-bond acceptors (Lipinski definition) is 3. The smallest absolute Gasteiger partial charge is 0.237 e. The molecule has 1 amide bonds. The summed E-state index contributed by atoms with van der Waals surface area (Å²) >= 11 is 1.64. The lowest BCUT2D eigenvalue weighted by molar-refractivity contribution is -0.123. The third kappa shape index (κ3) is 4.41. The summed E-state index contributed by atoms with van der Waals surface area (Å²) < 4.78 is 0. The number of carbonyl (C=O) groups is 1. The molecule has 2 unspecified atom stereocenters. The van der Waals surface area contributed by atoms with Gasteiger partial charge in [-0.3, -0.25) is 4.79 Å². The molecule has 3 N–H and O–H groups in total. The summed E-state index contributed by atoms with van der Waals surface area (Å²) in [4.78, 5) is 13.4. The Morgan fingerprint density at radius 1 is 1.24 bits per heavy atom. The van der Waals surface area contributed by atoms with E-state index in [1.54, 1.807) is 11.3 Å². The zero-order chi connectivity index (χ0) is 15.1. The van der Waals surface area contributed by atoms with E-state index in [9.17, 15) is 4.79 Å². The van der Waals surface area contributed by atoms with Gasteiger partial charge in [-0.15, -0.1) is 11.3 Å². The van der Waals surface area contributed by atoms with Gasteiger partial charge in [-0.1, -0.05) is 56.2 Å². The van der Waals surface area contributed by atoms with Gasteiger partial charge >= 0.3 is 0 Å². The van der Waals surface area contributed by atoms with Crippen LogP contribution in [-0.4, -0.2) is 11.9 Å². The molecule has 0 fully saturated rings. The Bertz CT molecular complexity index is 539. The highest BCUT2D eigenvalue weighted by Crippen LogP contribution is 2.26. The first-order valence-electron chi connectivity index (χ1n) is 7.36. The molecule has 0 aliphatic carbocycles. The lowest BCUT2D eigenvalue weighted by Gasteiger charge is -2.20. The second kappa shape index (κ2) is 7.96. The van der Waals surface area contributed by atoms with Crippen molar-refractivity contribution in [1.29, 1.82) is 0 Å². The molecule has 0 bridgehead atoms. The van der Waals surface area contributed by atoms with Crippen molar-refractivity contribution >= 4 is 17.2 Å². The monoisotopic (exact) mass is 302 g/mol. The fourth-order valence-corrected chi connectivity index (χ4v) is 3.03. The summed E-state index contributed by atoms with van der Waals surface area (Å²) in [6.07, 6.45) is 2.76. The minimum atomic E-state index is -0.434. The van der Waals surface area contributed by atoms with Gasteiger partial charge in [0.05, 0.1) is 12.1 Å². The Kier molecular flexibility index (Phi) is 5.96. The Labute approximate surface area is 130 Å². The van der Waals surface area contributed by atoms with Crippen LogP contribution in [0.2, 0.25) is 0 Å². The maximum atomic E-state index is 12.3. The first-order valence-corrected chi connectivity index (χ1v) is 8.24. The second-order valence-electron chi connectivity index (χ2n) is 5.12. The molecule has 1 aromatic carbocycles. The number of benzene rings is 1. The first kappa shape index (κ1) is 15.7. The summed E-state index contributed by atoms with van der Waals surface area (Å²) in [6, 6.07) is 13.5. The molecule has 2 atom stereocenters. The van der Waals surface area contributed by atoms with Crippen molar-refractivity contribution in [2.75, 3.05) is 0 Å². The largest absolute Gasteiger partial charge is 0.343 e. The highest BCUT2D eigenvalue weighted by molar-refractivity contribution is 7.10. The van der Waals surface area contributed by atoms with Crippen molar-refractivity contribution in [3.05, 3.63) is 58.3 Å². The normalized spacial score (nSPS) is 13.6. The van der Waals surface area contributed by atoms with Gasteiger partial charge in [0, 0.05) is 4.88 Å². The van der Waals surface area contributed by atoms with E-state index >= 15 is 0 Å². The third-order valence-corrected chi connectivity index (χ3v) is 4.39. The predicted molar refractivity (Wildman–Crippen MR) is 88.2 cm³/mol. The molecule has 1 aromatic heterocycles. The van der Waals surface area contributed by atoms with Gasteiger partial charge in [0.25, 0.3) is 0 Å². The Morgan fingerprint density at radius 3 is 2.62 bits per heavy atom. The van der Waals surface area contributed by atoms with Crippen LogP contribution in [-0.2, 0) is 4.79 Å². The maximum absolute atomic E-state index is 12.3. The summed E-state index contributed by atoms with van der Waals surface area (Å²) in [5.41, 5.74) is 7.05. The Balaban J connectivity index is 2.12. The molecule has 0 saturated heterocycles. The second-order valence-corrected chi connectivity index (χ2v) is 6.10. The average molecular weight is 302 g/mol. The van der Waals surface area contributed by atoms with Gasteiger partial charge < -0.3 is 11.1 Å². The molecule has 0 spiro atoms. The number of hydrogen-bond donors (Lipinski definition) is 2. The molecule has 21 heavy (non-hydrogen) atoms. The molecule has 2 rings (SSSR count). The third-order valence-electron chi connectivity index (χ3n) is 3.45. The van der Waals surface area contributed by atoms with E-state index in [0.29, 0.717) is 0 Å². The molecule has 112 valence electrons. The SMILES string of the molecule is CCCCC(N)C(=O)NC(c1ccccc1)c1cccs1. The molecule has 3 nitrogen and oxygen atoms in total. The van der Waals surface area contributed by atoms with Crippen molar-refractivity contribution in [3.8, 4) is 0 Å². The Hall–Kier alpha value is -1.65. The van der Waals surface area contributed by atoms with E-state index in [-0.39, 0.29) is 11.9 Å². The zero-order valence-electron chi connectivity index (χ0n) is 12.3. The van der Waals surface area contributed by atoms with Crippen molar-refractivity contribution in [2.45, 2.75) is 38.3 Å². The van der Waals surface area contributed by atoms with Crippen LogP contribution in [0.25, 0.3) is 0 Å². The number of unbranched alkanes of at least 4 members (excludes halogenated alkanes) is 1. The fraction of sp³-hybridized carbons (Fsp3) is 0.353.